The summed E-state index contributed by atoms with van der Waals surface area (Å²) < 4.78 is 18.4. The van der Waals surface area contributed by atoms with E-state index < -0.39 is 10.9 Å². The molecular formula is C11H6BrFN2O3. The predicted octanol–water partition coefficient (Wildman–Crippen LogP) is 3.68. The second kappa shape index (κ2) is 5.09. The molecule has 2 aromatic rings. The van der Waals surface area contributed by atoms with Gasteiger partial charge in [0.2, 0.25) is 5.95 Å². The molecule has 0 radical (unpaired) electrons. The van der Waals surface area contributed by atoms with Gasteiger partial charge < -0.3 is 4.74 Å². The standard InChI is InChI=1S/C11H6BrFN2O3/c12-11-8(15(16)17)2-1-3-9(11)18-7-4-5-14-10(13)6-7/h1-6H. The van der Waals surface area contributed by atoms with Gasteiger partial charge in [-0.3, -0.25) is 10.1 Å². The number of nitro benzene ring substituents is 1. The Hall–Kier alpha value is -2.02. The highest BCUT2D eigenvalue weighted by Crippen LogP contribution is 2.36. The van der Waals surface area contributed by atoms with Crippen molar-refractivity contribution >= 4 is 21.6 Å². The third-order valence-corrected chi connectivity index (χ3v) is 2.86. The fourth-order valence-corrected chi connectivity index (χ4v) is 1.78. The minimum Gasteiger partial charge on any atom is -0.456 e. The van der Waals surface area contributed by atoms with Crippen molar-refractivity contribution in [2.45, 2.75) is 0 Å². The summed E-state index contributed by atoms with van der Waals surface area (Å²) in [5, 5.41) is 10.7. The van der Waals surface area contributed by atoms with Crippen LogP contribution >= 0.6 is 15.9 Å². The van der Waals surface area contributed by atoms with Crippen molar-refractivity contribution in [3.05, 3.63) is 57.1 Å². The molecule has 7 heteroatoms. The van der Waals surface area contributed by atoms with Gasteiger partial charge in [0.1, 0.15) is 16.0 Å². The number of nitrogens with zero attached hydrogens (tertiary/aromatic N) is 2. The molecule has 0 atom stereocenters. The van der Waals surface area contributed by atoms with Gasteiger partial charge in [-0.2, -0.15) is 4.39 Å². The zero-order chi connectivity index (χ0) is 13.1. The third-order valence-electron chi connectivity index (χ3n) is 2.07. The monoisotopic (exact) mass is 312 g/mol. The van der Waals surface area contributed by atoms with Crippen molar-refractivity contribution < 1.29 is 14.1 Å². The minimum absolute atomic E-state index is 0.123. The summed E-state index contributed by atoms with van der Waals surface area (Å²) in [6.45, 7) is 0. The molecule has 0 aliphatic heterocycles. The minimum atomic E-state index is -0.686. The highest BCUT2D eigenvalue weighted by Gasteiger charge is 2.16. The van der Waals surface area contributed by atoms with Crippen molar-refractivity contribution in [3.63, 3.8) is 0 Å². The maximum Gasteiger partial charge on any atom is 0.287 e. The lowest BCUT2D eigenvalue weighted by atomic mass is 10.3. The van der Waals surface area contributed by atoms with Crippen LogP contribution in [0.5, 0.6) is 11.5 Å². The molecule has 5 nitrogen and oxygen atoms in total. The Morgan fingerprint density at radius 3 is 2.83 bits per heavy atom. The summed E-state index contributed by atoms with van der Waals surface area (Å²) in [5.74, 6) is -0.243. The summed E-state index contributed by atoms with van der Waals surface area (Å²) in [4.78, 5) is 13.6. The van der Waals surface area contributed by atoms with Crippen LogP contribution in [0, 0.1) is 16.1 Å². The molecule has 0 unspecified atom stereocenters. The molecule has 0 fully saturated rings. The van der Waals surface area contributed by atoms with Gasteiger partial charge >= 0.3 is 0 Å². The second-order valence-electron chi connectivity index (χ2n) is 3.26. The van der Waals surface area contributed by atoms with Crippen molar-refractivity contribution in [3.8, 4) is 11.5 Å². The molecular weight excluding hydrogens is 307 g/mol. The van der Waals surface area contributed by atoms with Gasteiger partial charge in [-0.15, -0.1) is 0 Å². The average Bonchev–Trinajstić information content (AvgIpc) is 2.31. The van der Waals surface area contributed by atoms with E-state index in [1.54, 1.807) is 0 Å². The van der Waals surface area contributed by atoms with Gasteiger partial charge in [0.05, 0.1) is 4.92 Å². The first-order valence-electron chi connectivity index (χ1n) is 4.80. The summed E-state index contributed by atoms with van der Waals surface area (Å²) in [7, 11) is 0. The predicted molar refractivity (Wildman–Crippen MR) is 65.1 cm³/mol. The van der Waals surface area contributed by atoms with Gasteiger partial charge in [-0.25, -0.2) is 4.98 Å². The molecule has 0 aliphatic rings. The normalized spacial score (nSPS) is 10.1. The lowest BCUT2D eigenvalue weighted by Gasteiger charge is -2.07. The molecule has 92 valence electrons. The topological polar surface area (TPSA) is 65.3 Å². The largest absolute Gasteiger partial charge is 0.456 e. The quantitative estimate of drug-likeness (QED) is 0.492. The van der Waals surface area contributed by atoms with E-state index in [9.17, 15) is 14.5 Å². The number of benzene rings is 1. The van der Waals surface area contributed by atoms with Crippen molar-refractivity contribution in [1.82, 2.24) is 4.98 Å². The molecule has 0 N–H and O–H groups in total. The summed E-state index contributed by atoms with van der Waals surface area (Å²) in [6, 6.07) is 6.90. The molecule has 18 heavy (non-hydrogen) atoms. The van der Waals surface area contributed by atoms with Gasteiger partial charge in [-0.05, 0) is 28.1 Å². The van der Waals surface area contributed by atoms with Crippen LogP contribution in [-0.4, -0.2) is 9.91 Å². The Morgan fingerprint density at radius 1 is 1.39 bits per heavy atom. The molecule has 0 saturated carbocycles. The van der Waals surface area contributed by atoms with E-state index in [1.165, 1.54) is 30.5 Å². The Bertz CT molecular complexity index is 607. The number of aromatic nitrogens is 1. The van der Waals surface area contributed by atoms with Gasteiger partial charge in [-0.1, -0.05) is 6.07 Å². The lowest BCUT2D eigenvalue weighted by Crippen LogP contribution is -1.93. The fourth-order valence-electron chi connectivity index (χ4n) is 1.29. The van der Waals surface area contributed by atoms with E-state index in [-0.39, 0.29) is 21.7 Å². The Kier molecular flexibility index (Phi) is 3.52. The highest BCUT2D eigenvalue weighted by molar-refractivity contribution is 9.10. The van der Waals surface area contributed by atoms with E-state index in [0.29, 0.717) is 0 Å². The van der Waals surface area contributed by atoms with Crippen molar-refractivity contribution in [1.29, 1.82) is 0 Å². The fraction of sp³-hybridized carbons (Fsp3) is 0. The zero-order valence-corrected chi connectivity index (χ0v) is 10.4. The van der Waals surface area contributed by atoms with Crippen LogP contribution in [0.1, 0.15) is 0 Å². The van der Waals surface area contributed by atoms with Crippen LogP contribution in [0.4, 0.5) is 10.1 Å². The van der Waals surface area contributed by atoms with E-state index >= 15 is 0 Å². The number of halogens is 2. The summed E-state index contributed by atoms with van der Waals surface area (Å²) in [5.41, 5.74) is -0.123. The third kappa shape index (κ3) is 2.62. The number of rotatable bonds is 3. The van der Waals surface area contributed by atoms with E-state index in [4.69, 9.17) is 4.74 Å². The molecule has 1 heterocycles. The molecule has 1 aromatic heterocycles. The molecule has 0 aliphatic carbocycles. The Labute approximate surface area is 110 Å². The van der Waals surface area contributed by atoms with Crippen LogP contribution in [0.3, 0.4) is 0 Å². The summed E-state index contributed by atoms with van der Waals surface area (Å²) >= 11 is 3.08. The Morgan fingerprint density at radius 2 is 2.17 bits per heavy atom. The van der Waals surface area contributed by atoms with Crippen LogP contribution in [0.2, 0.25) is 0 Å². The molecule has 1 aromatic carbocycles. The molecule has 0 spiro atoms. The molecule has 2 rings (SSSR count). The molecule has 0 saturated heterocycles. The second-order valence-corrected chi connectivity index (χ2v) is 4.06. The van der Waals surface area contributed by atoms with E-state index in [0.717, 1.165) is 6.07 Å². The first-order valence-corrected chi connectivity index (χ1v) is 5.59. The number of hydrogen-bond donors (Lipinski definition) is 0. The van der Waals surface area contributed by atoms with Gasteiger partial charge in [0, 0.05) is 18.3 Å². The maximum absolute atomic E-state index is 12.9. The maximum atomic E-state index is 12.9. The van der Waals surface area contributed by atoms with Crippen LogP contribution in [-0.2, 0) is 0 Å². The van der Waals surface area contributed by atoms with Crippen molar-refractivity contribution in [2.24, 2.45) is 0 Å². The summed E-state index contributed by atoms with van der Waals surface area (Å²) in [6.07, 6.45) is 1.25. The number of nitro groups is 1. The zero-order valence-electron chi connectivity index (χ0n) is 8.84. The molecule has 0 amide bonds. The first kappa shape index (κ1) is 12.4. The van der Waals surface area contributed by atoms with Crippen molar-refractivity contribution in [2.75, 3.05) is 0 Å². The smallest absolute Gasteiger partial charge is 0.287 e. The molecule has 0 bridgehead atoms. The van der Waals surface area contributed by atoms with E-state index in [1.807, 2.05) is 0 Å². The Balaban J connectivity index is 2.35. The van der Waals surface area contributed by atoms with E-state index in [2.05, 4.69) is 20.9 Å². The van der Waals surface area contributed by atoms with Crippen LogP contribution in [0.15, 0.2) is 41.0 Å². The SMILES string of the molecule is O=[N+]([O-])c1cccc(Oc2ccnc(F)c2)c1Br. The first-order chi connectivity index (χ1) is 8.58. The highest BCUT2D eigenvalue weighted by atomic mass is 79.9. The number of pyridine rings is 1. The lowest BCUT2D eigenvalue weighted by molar-refractivity contribution is -0.385. The van der Waals surface area contributed by atoms with Gasteiger partial charge in [0.15, 0.2) is 0 Å². The average molecular weight is 313 g/mol. The van der Waals surface area contributed by atoms with Crippen LogP contribution in [0.25, 0.3) is 0 Å². The number of ether oxygens (including phenoxy) is 1. The number of hydrogen-bond acceptors (Lipinski definition) is 4. The van der Waals surface area contributed by atoms with Gasteiger partial charge in [0.25, 0.3) is 5.69 Å². The van der Waals surface area contributed by atoms with Crippen LogP contribution < -0.4 is 4.74 Å².